The van der Waals surface area contributed by atoms with Gasteiger partial charge in [-0.3, -0.25) is 0 Å². The maximum atomic E-state index is 4.71. The zero-order chi connectivity index (χ0) is 20.5. The molecule has 2 nitrogen and oxygen atoms in total. The number of aryl methyl sites for hydroxylation is 2. The molecule has 0 saturated carbocycles. The van der Waals surface area contributed by atoms with E-state index in [9.17, 15) is 0 Å². The Morgan fingerprint density at radius 1 is 1.14 bits per heavy atom. The van der Waals surface area contributed by atoms with Gasteiger partial charge in [0.05, 0.1) is 12.0 Å². The minimum atomic E-state index is 0.310. The van der Waals surface area contributed by atoms with Gasteiger partial charge in [0.25, 0.3) is 0 Å². The molecule has 0 spiro atoms. The van der Waals surface area contributed by atoms with Gasteiger partial charge in [0.2, 0.25) is 0 Å². The zero-order valence-electron chi connectivity index (χ0n) is 18.8. The molecule has 1 aliphatic rings. The van der Waals surface area contributed by atoms with Gasteiger partial charge in [0.15, 0.2) is 0 Å². The number of aliphatic imine (C=N–C) groups is 1. The number of nitrogens with zero attached hydrogens (tertiary/aromatic N) is 2. The number of hydrogen-bond donors (Lipinski definition) is 0. The smallest absolute Gasteiger partial charge is 0.0909 e. The highest BCUT2D eigenvalue weighted by Gasteiger charge is 2.34. The Morgan fingerprint density at radius 3 is 2.61 bits per heavy atom. The van der Waals surface area contributed by atoms with Crippen LogP contribution in [-0.2, 0) is 11.8 Å². The topological polar surface area (TPSA) is 15.6 Å². The van der Waals surface area contributed by atoms with E-state index in [0.717, 1.165) is 25.1 Å². The highest BCUT2D eigenvalue weighted by atomic mass is 15.1. The third-order valence-corrected chi connectivity index (χ3v) is 6.21. The fourth-order valence-corrected chi connectivity index (χ4v) is 4.71. The van der Waals surface area contributed by atoms with Crippen LogP contribution in [0.25, 0.3) is 0 Å². The maximum Gasteiger partial charge on any atom is 0.0909 e. The van der Waals surface area contributed by atoms with Gasteiger partial charge >= 0.3 is 0 Å². The lowest BCUT2D eigenvalue weighted by molar-refractivity contribution is 0.489. The molecule has 0 fully saturated rings. The minimum Gasteiger partial charge on any atom is -0.366 e. The highest BCUT2D eigenvalue weighted by molar-refractivity contribution is 5.64. The molecule has 0 aromatic heterocycles. The molecule has 0 N–H and O–H groups in total. The summed E-state index contributed by atoms with van der Waals surface area (Å²) < 4.78 is 0. The van der Waals surface area contributed by atoms with Crippen molar-refractivity contribution in [3.63, 3.8) is 0 Å². The average Bonchev–Trinajstić information content (AvgIpc) is 2.85. The molecule has 2 heteroatoms. The summed E-state index contributed by atoms with van der Waals surface area (Å²) in [5, 5.41) is 0. The molecule has 0 bridgehead atoms. The summed E-state index contributed by atoms with van der Waals surface area (Å²) in [6.45, 7) is 14.7. The molecule has 3 rings (SSSR count). The summed E-state index contributed by atoms with van der Waals surface area (Å²) in [5.41, 5.74) is 9.88. The Labute approximate surface area is 171 Å². The molecular formula is C26H36N2. The first-order chi connectivity index (χ1) is 13.2. The first kappa shape index (κ1) is 20.6. The monoisotopic (exact) mass is 376 g/mol. The van der Waals surface area contributed by atoms with Crippen LogP contribution in [0.3, 0.4) is 0 Å². The summed E-state index contributed by atoms with van der Waals surface area (Å²) in [7, 11) is 2.08. The van der Waals surface area contributed by atoms with Crippen LogP contribution in [0.15, 0.2) is 35.3 Å². The SMILES string of the molecule is CCCN(C)/C=N\c1cc(C)c(Cc2ccc3c(c2)C(C)CC3(C)C)cc1C. The van der Waals surface area contributed by atoms with Gasteiger partial charge in [-0.15, -0.1) is 0 Å². The van der Waals surface area contributed by atoms with Crippen LogP contribution >= 0.6 is 0 Å². The number of hydrogen-bond acceptors (Lipinski definition) is 1. The molecule has 1 atom stereocenters. The Kier molecular flexibility index (Phi) is 5.98. The van der Waals surface area contributed by atoms with Crippen molar-refractivity contribution < 1.29 is 0 Å². The van der Waals surface area contributed by atoms with E-state index in [2.05, 4.69) is 83.8 Å². The molecule has 0 amide bonds. The van der Waals surface area contributed by atoms with Crippen LogP contribution < -0.4 is 0 Å². The van der Waals surface area contributed by atoms with Crippen molar-refractivity contribution in [2.45, 2.75) is 72.1 Å². The second kappa shape index (κ2) is 8.11. The number of benzene rings is 2. The summed E-state index contributed by atoms with van der Waals surface area (Å²) >= 11 is 0. The van der Waals surface area contributed by atoms with Crippen molar-refractivity contribution >= 4 is 12.0 Å². The second-order valence-corrected chi connectivity index (χ2v) is 9.38. The van der Waals surface area contributed by atoms with Gasteiger partial charge in [-0.05, 0) is 83.9 Å². The van der Waals surface area contributed by atoms with E-state index in [1.165, 1.54) is 34.2 Å². The van der Waals surface area contributed by atoms with Crippen molar-refractivity contribution in [3.8, 4) is 0 Å². The molecule has 1 unspecified atom stereocenters. The Balaban J connectivity index is 1.82. The molecular weight excluding hydrogens is 340 g/mol. The van der Waals surface area contributed by atoms with E-state index in [0.29, 0.717) is 11.3 Å². The molecule has 2 aromatic carbocycles. The lowest BCUT2D eigenvalue weighted by atomic mass is 9.85. The molecule has 1 aliphatic carbocycles. The fourth-order valence-electron chi connectivity index (χ4n) is 4.71. The molecule has 0 radical (unpaired) electrons. The predicted molar refractivity (Wildman–Crippen MR) is 122 cm³/mol. The van der Waals surface area contributed by atoms with Crippen LogP contribution in [0.1, 0.15) is 79.8 Å². The molecule has 0 aliphatic heterocycles. The minimum absolute atomic E-state index is 0.310. The van der Waals surface area contributed by atoms with Gasteiger partial charge in [-0.25, -0.2) is 4.99 Å². The summed E-state index contributed by atoms with van der Waals surface area (Å²) in [6.07, 6.45) is 5.33. The zero-order valence-corrected chi connectivity index (χ0v) is 18.8. The maximum absolute atomic E-state index is 4.71. The average molecular weight is 377 g/mol. The number of fused-ring (bicyclic) bond motifs is 1. The van der Waals surface area contributed by atoms with Gasteiger partial charge in [-0.1, -0.05) is 52.0 Å². The van der Waals surface area contributed by atoms with Crippen LogP contribution in [0.4, 0.5) is 5.69 Å². The van der Waals surface area contributed by atoms with E-state index >= 15 is 0 Å². The van der Waals surface area contributed by atoms with Crippen LogP contribution in [-0.4, -0.2) is 24.8 Å². The Morgan fingerprint density at radius 2 is 1.89 bits per heavy atom. The van der Waals surface area contributed by atoms with E-state index in [1.807, 2.05) is 6.34 Å². The molecule has 150 valence electrons. The van der Waals surface area contributed by atoms with E-state index < -0.39 is 0 Å². The lowest BCUT2D eigenvalue weighted by Gasteiger charge is -2.19. The standard InChI is InChI=1S/C26H36N2/c1-8-11-28(7)17-27-25-13-18(2)22(12-19(25)3)14-21-9-10-24-23(15-21)20(4)16-26(24,5)6/h9-10,12-13,15,17,20H,8,11,14,16H2,1-7H3/b27-17-. The summed E-state index contributed by atoms with van der Waals surface area (Å²) in [5.74, 6) is 0.657. The van der Waals surface area contributed by atoms with Gasteiger partial charge in [0.1, 0.15) is 0 Å². The Bertz CT molecular complexity index is 876. The largest absolute Gasteiger partial charge is 0.366 e. The molecule has 2 aromatic rings. The van der Waals surface area contributed by atoms with E-state index in [-0.39, 0.29) is 0 Å². The van der Waals surface area contributed by atoms with Gasteiger partial charge < -0.3 is 4.90 Å². The highest BCUT2D eigenvalue weighted by Crippen LogP contribution is 2.45. The van der Waals surface area contributed by atoms with Crippen molar-refractivity contribution in [2.75, 3.05) is 13.6 Å². The van der Waals surface area contributed by atoms with Gasteiger partial charge in [0, 0.05) is 13.6 Å². The molecule has 0 heterocycles. The predicted octanol–water partition coefficient (Wildman–Crippen LogP) is 6.68. The second-order valence-electron chi connectivity index (χ2n) is 9.38. The first-order valence-electron chi connectivity index (χ1n) is 10.7. The van der Waals surface area contributed by atoms with Crippen LogP contribution in [0.2, 0.25) is 0 Å². The third-order valence-electron chi connectivity index (χ3n) is 6.21. The van der Waals surface area contributed by atoms with Crippen molar-refractivity contribution in [2.24, 2.45) is 4.99 Å². The Hall–Kier alpha value is -2.09. The van der Waals surface area contributed by atoms with E-state index in [4.69, 9.17) is 4.99 Å². The molecule has 28 heavy (non-hydrogen) atoms. The van der Waals surface area contributed by atoms with Crippen molar-refractivity contribution in [1.29, 1.82) is 0 Å². The quantitative estimate of drug-likeness (QED) is 0.405. The van der Waals surface area contributed by atoms with Gasteiger partial charge in [-0.2, -0.15) is 0 Å². The van der Waals surface area contributed by atoms with Crippen LogP contribution in [0, 0.1) is 13.8 Å². The third kappa shape index (κ3) is 4.32. The van der Waals surface area contributed by atoms with Crippen LogP contribution in [0.5, 0.6) is 0 Å². The van der Waals surface area contributed by atoms with Crippen molar-refractivity contribution in [3.05, 3.63) is 63.7 Å². The fraction of sp³-hybridized carbons (Fsp3) is 0.500. The summed E-state index contributed by atoms with van der Waals surface area (Å²) in [6, 6.07) is 11.7. The number of rotatable bonds is 6. The lowest BCUT2D eigenvalue weighted by Crippen LogP contribution is -2.16. The van der Waals surface area contributed by atoms with E-state index in [1.54, 1.807) is 5.56 Å². The molecule has 0 saturated heterocycles. The summed E-state index contributed by atoms with van der Waals surface area (Å²) in [4.78, 5) is 6.86. The van der Waals surface area contributed by atoms with Crippen molar-refractivity contribution in [1.82, 2.24) is 4.90 Å². The first-order valence-corrected chi connectivity index (χ1v) is 10.7. The normalized spacial score (nSPS) is 17.9.